The topological polar surface area (TPSA) is 98.3 Å². The summed E-state index contributed by atoms with van der Waals surface area (Å²) in [6, 6.07) is -0.278. The van der Waals surface area contributed by atoms with Crippen LogP contribution in [0, 0.1) is 0 Å². The number of carboxylic acid groups (broad SMARTS) is 1. The van der Waals surface area contributed by atoms with Crippen LogP contribution < -0.4 is 5.32 Å². The van der Waals surface area contributed by atoms with E-state index in [0.717, 1.165) is 5.69 Å². The maximum absolute atomic E-state index is 11.6. The van der Waals surface area contributed by atoms with Crippen LogP contribution in [0.4, 0.5) is 0 Å². The number of nitrogens with one attached hydrogen (secondary N) is 2. The number of aromatic carboxylic acids is 1. The summed E-state index contributed by atoms with van der Waals surface area (Å²) in [5.41, 5.74) is 1.59. The van der Waals surface area contributed by atoms with Gasteiger partial charge in [-0.15, -0.1) is 0 Å². The Labute approximate surface area is 104 Å². The first-order chi connectivity index (χ1) is 8.54. The second-order valence-corrected chi connectivity index (χ2v) is 4.35. The van der Waals surface area contributed by atoms with Crippen molar-refractivity contribution >= 4 is 11.9 Å². The zero-order valence-electron chi connectivity index (χ0n) is 10.4. The molecule has 1 aliphatic rings. The van der Waals surface area contributed by atoms with E-state index in [9.17, 15) is 9.59 Å². The van der Waals surface area contributed by atoms with Gasteiger partial charge in [0.05, 0.1) is 6.04 Å². The molecule has 2 rings (SSSR count). The van der Waals surface area contributed by atoms with Crippen LogP contribution in [0.2, 0.25) is 0 Å². The number of amides is 1. The summed E-state index contributed by atoms with van der Waals surface area (Å²) in [5.74, 6) is -1.11. The molecule has 1 amide bonds. The zero-order chi connectivity index (χ0) is 13.3. The number of hydrogen-bond donors (Lipinski definition) is 3. The lowest BCUT2D eigenvalue weighted by molar-refractivity contribution is -0.125. The molecule has 0 saturated carbocycles. The van der Waals surface area contributed by atoms with Crippen molar-refractivity contribution in [2.24, 2.45) is 0 Å². The van der Waals surface area contributed by atoms with Crippen molar-refractivity contribution in [2.75, 3.05) is 13.6 Å². The number of carbonyl (C=O) groups excluding carboxylic acids is 1. The van der Waals surface area contributed by atoms with Crippen molar-refractivity contribution < 1.29 is 14.7 Å². The molecule has 0 fully saturated rings. The van der Waals surface area contributed by atoms with Crippen molar-refractivity contribution in [3.05, 3.63) is 17.0 Å². The van der Waals surface area contributed by atoms with E-state index in [0.29, 0.717) is 25.1 Å². The quantitative estimate of drug-likeness (QED) is 0.680. The molecule has 0 bridgehead atoms. The third kappa shape index (κ3) is 2.08. The van der Waals surface area contributed by atoms with Crippen molar-refractivity contribution in [1.82, 2.24) is 20.4 Å². The minimum atomic E-state index is -1.04. The standard InChI is InChI=1S/C11H16N4O3/c1-6(10(16)12-2)15-4-3-8-7(5-15)9(11(17)18)14-13-8/h6H,3-5H2,1-2H3,(H,12,16)(H,13,14)(H,17,18). The Bertz CT molecular complexity index is 483. The highest BCUT2D eigenvalue weighted by Crippen LogP contribution is 2.21. The molecular weight excluding hydrogens is 236 g/mol. The molecular formula is C11H16N4O3. The zero-order valence-corrected chi connectivity index (χ0v) is 10.4. The minimum Gasteiger partial charge on any atom is -0.476 e. The number of likely N-dealkylation sites (N-methyl/N-ethyl adjacent to an activating group) is 1. The number of nitrogens with zero attached hydrogens (tertiary/aromatic N) is 2. The van der Waals surface area contributed by atoms with Crippen LogP contribution in [0.15, 0.2) is 0 Å². The van der Waals surface area contributed by atoms with Gasteiger partial charge in [-0.3, -0.25) is 14.8 Å². The summed E-state index contributed by atoms with van der Waals surface area (Å²) in [7, 11) is 1.59. The molecule has 1 aromatic rings. The van der Waals surface area contributed by atoms with Crippen LogP contribution in [0.5, 0.6) is 0 Å². The SMILES string of the molecule is CNC(=O)C(C)N1CCc2[nH]nc(C(=O)O)c2C1. The Balaban J connectivity index is 2.20. The Morgan fingerprint density at radius 2 is 2.28 bits per heavy atom. The highest BCUT2D eigenvalue weighted by Gasteiger charge is 2.29. The van der Waals surface area contributed by atoms with E-state index >= 15 is 0 Å². The second-order valence-electron chi connectivity index (χ2n) is 4.35. The average molecular weight is 252 g/mol. The largest absolute Gasteiger partial charge is 0.476 e. The summed E-state index contributed by atoms with van der Waals surface area (Å²) in [6.07, 6.45) is 0.678. The van der Waals surface area contributed by atoms with Crippen molar-refractivity contribution in [3.63, 3.8) is 0 Å². The smallest absolute Gasteiger partial charge is 0.356 e. The second kappa shape index (κ2) is 4.77. The van der Waals surface area contributed by atoms with Crippen molar-refractivity contribution in [1.29, 1.82) is 0 Å². The van der Waals surface area contributed by atoms with Crippen LogP contribution in [0.25, 0.3) is 0 Å². The van der Waals surface area contributed by atoms with E-state index in [2.05, 4.69) is 15.5 Å². The molecule has 7 nitrogen and oxygen atoms in total. The van der Waals surface area contributed by atoms with Gasteiger partial charge in [0.2, 0.25) is 5.91 Å². The van der Waals surface area contributed by atoms with Crippen LogP contribution in [-0.4, -0.2) is 51.7 Å². The number of aromatic nitrogens is 2. The molecule has 3 N–H and O–H groups in total. The first kappa shape index (κ1) is 12.6. The predicted octanol–water partition coefficient (Wildman–Crippen LogP) is -0.399. The van der Waals surface area contributed by atoms with Crippen LogP contribution in [0.3, 0.4) is 0 Å². The molecule has 7 heteroatoms. The maximum Gasteiger partial charge on any atom is 0.356 e. The number of hydrogen-bond acceptors (Lipinski definition) is 4. The van der Waals surface area contributed by atoms with E-state index < -0.39 is 5.97 Å². The van der Waals surface area contributed by atoms with E-state index in [1.807, 2.05) is 11.8 Å². The first-order valence-corrected chi connectivity index (χ1v) is 5.79. The van der Waals surface area contributed by atoms with E-state index in [4.69, 9.17) is 5.11 Å². The van der Waals surface area contributed by atoms with Gasteiger partial charge in [0.1, 0.15) is 0 Å². The summed E-state index contributed by atoms with van der Waals surface area (Å²) >= 11 is 0. The van der Waals surface area contributed by atoms with Gasteiger partial charge in [0, 0.05) is 37.8 Å². The van der Waals surface area contributed by atoms with Gasteiger partial charge in [-0.2, -0.15) is 5.10 Å². The highest BCUT2D eigenvalue weighted by atomic mass is 16.4. The molecule has 1 aliphatic heterocycles. The molecule has 0 aliphatic carbocycles. The molecule has 0 aromatic carbocycles. The lowest BCUT2D eigenvalue weighted by Crippen LogP contribution is -2.46. The fourth-order valence-electron chi connectivity index (χ4n) is 2.20. The normalized spacial score (nSPS) is 17.0. The lowest BCUT2D eigenvalue weighted by atomic mass is 10.0. The molecule has 2 heterocycles. The minimum absolute atomic E-state index is 0.0545. The Morgan fingerprint density at radius 1 is 1.56 bits per heavy atom. The van der Waals surface area contributed by atoms with Gasteiger partial charge in [-0.05, 0) is 6.92 Å². The van der Waals surface area contributed by atoms with Gasteiger partial charge in [0.25, 0.3) is 0 Å². The van der Waals surface area contributed by atoms with Gasteiger partial charge in [-0.25, -0.2) is 4.79 Å². The van der Waals surface area contributed by atoms with Crippen molar-refractivity contribution in [3.8, 4) is 0 Å². The number of rotatable bonds is 3. The van der Waals surface area contributed by atoms with Gasteiger partial charge in [-0.1, -0.05) is 0 Å². The molecule has 1 unspecified atom stereocenters. The first-order valence-electron chi connectivity index (χ1n) is 5.79. The molecule has 1 aromatic heterocycles. The van der Waals surface area contributed by atoms with E-state index in [1.165, 1.54) is 0 Å². The van der Waals surface area contributed by atoms with E-state index in [1.54, 1.807) is 7.05 Å². The van der Waals surface area contributed by atoms with Gasteiger partial charge >= 0.3 is 5.97 Å². The molecule has 98 valence electrons. The summed E-state index contributed by atoms with van der Waals surface area (Å²) in [6.45, 7) is 2.95. The predicted molar refractivity (Wildman–Crippen MR) is 63.2 cm³/mol. The van der Waals surface area contributed by atoms with E-state index in [-0.39, 0.29) is 17.6 Å². The Morgan fingerprint density at radius 3 is 2.89 bits per heavy atom. The Kier molecular flexibility index (Phi) is 3.33. The highest BCUT2D eigenvalue weighted by molar-refractivity contribution is 5.87. The summed E-state index contributed by atoms with van der Waals surface area (Å²) in [4.78, 5) is 24.6. The average Bonchev–Trinajstić information content (AvgIpc) is 2.79. The lowest BCUT2D eigenvalue weighted by Gasteiger charge is -2.31. The van der Waals surface area contributed by atoms with Crippen LogP contribution in [-0.2, 0) is 17.8 Å². The molecule has 1 atom stereocenters. The fourth-order valence-corrected chi connectivity index (χ4v) is 2.20. The van der Waals surface area contributed by atoms with Crippen LogP contribution >= 0.6 is 0 Å². The third-order valence-electron chi connectivity index (χ3n) is 3.34. The fraction of sp³-hybridized carbons (Fsp3) is 0.545. The number of carboxylic acids is 1. The number of aromatic amines is 1. The number of H-pyrrole nitrogens is 1. The monoisotopic (exact) mass is 252 g/mol. The summed E-state index contributed by atoms with van der Waals surface area (Å²) in [5, 5.41) is 18.2. The van der Waals surface area contributed by atoms with Gasteiger partial charge in [0.15, 0.2) is 5.69 Å². The number of carbonyl (C=O) groups is 2. The molecule has 0 radical (unpaired) electrons. The molecule has 18 heavy (non-hydrogen) atoms. The van der Waals surface area contributed by atoms with Gasteiger partial charge < -0.3 is 10.4 Å². The number of fused-ring (bicyclic) bond motifs is 1. The third-order valence-corrected chi connectivity index (χ3v) is 3.34. The summed E-state index contributed by atoms with van der Waals surface area (Å²) < 4.78 is 0. The van der Waals surface area contributed by atoms with Crippen molar-refractivity contribution in [2.45, 2.75) is 25.9 Å². The van der Waals surface area contributed by atoms with Crippen LogP contribution in [0.1, 0.15) is 28.7 Å². The molecule has 0 spiro atoms. The maximum atomic E-state index is 11.6. The Hall–Kier alpha value is -1.89. The molecule has 0 saturated heterocycles.